The van der Waals surface area contributed by atoms with Gasteiger partial charge in [0.2, 0.25) is 5.91 Å². The molecule has 1 N–H and O–H groups in total. The van der Waals surface area contributed by atoms with Gasteiger partial charge < -0.3 is 5.32 Å². The summed E-state index contributed by atoms with van der Waals surface area (Å²) in [5.41, 5.74) is 1.08. The first-order chi connectivity index (χ1) is 9.54. The van der Waals surface area contributed by atoms with E-state index in [0.29, 0.717) is 6.54 Å². The van der Waals surface area contributed by atoms with Gasteiger partial charge in [0.05, 0.1) is 12.6 Å². The Kier molecular flexibility index (Phi) is 5.44. The summed E-state index contributed by atoms with van der Waals surface area (Å²) in [5, 5.41) is 3.77. The van der Waals surface area contributed by atoms with Gasteiger partial charge in [-0.25, -0.2) is 0 Å². The van der Waals surface area contributed by atoms with Crippen molar-refractivity contribution in [3.63, 3.8) is 0 Å². The van der Waals surface area contributed by atoms with E-state index in [9.17, 15) is 4.79 Å². The predicted molar refractivity (Wildman–Crippen MR) is 82.8 cm³/mol. The van der Waals surface area contributed by atoms with Gasteiger partial charge in [-0.3, -0.25) is 9.69 Å². The average molecular weight is 295 g/mol. The van der Waals surface area contributed by atoms with Gasteiger partial charge in [-0.05, 0) is 56.5 Å². The van der Waals surface area contributed by atoms with Crippen molar-refractivity contribution < 1.29 is 4.79 Å². The third kappa shape index (κ3) is 4.50. The zero-order chi connectivity index (χ0) is 14.5. The predicted octanol–water partition coefficient (Wildman–Crippen LogP) is 3.25. The number of hydrogen-bond acceptors (Lipinski definition) is 2. The summed E-state index contributed by atoms with van der Waals surface area (Å²) in [6.07, 6.45) is 2.39. The van der Waals surface area contributed by atoms with Gasteiger partial charge in [-0.2, -0.15) is 0 Å². The highest BCUT2D eigenvalue weighted by atomic mass is 35.5. The molecule has 2 rings (SSSR count). The van der Waals surface area contributed by atoms with E-state index >= 15 is 0 Å². The first-order valence-electron chi connectivity index (χ1n) is 7.32. The molecule has 0 unspecified atom stereocenters. The summed E-state index contributed by atoms with van der Waals surface area (Å²) in [6.45, 7) is 6.85. The van der Waals surface area contributed by atoms with Crippen LogP contribution in [0.5, 0.6) is 0 Å². The number of nitrogens with zero attached hydrogens (tertiary/aromatic N) is 1. The minimum Gasteiger partial charge on any atom is -0.348 e. The number of amides is 1. The highest BCUT2D eigenvalue weighted by Gasteiger charge is 2.18. The van der Waals surface area contributed by atoms with Gasteiger partial charge >= 0.3 is 0 Å². The number of piperidine rings is 1. The highest BCUT2D eigenvalue weighted by Crippen LogP contribution is 2.17. The van der Waals surface area contributed by atoms with Crippen LogP contribution < -0.4 is 5.32 Å². The Morgan fingerprint density at radius 3 is 2.55 bits per heavy atom. The lowest BCUT2D eigenvalue weighted by molar-refractivity contribution is -0.123. The normalized spacial score (nSPS) is 18.8. The summed E-state index contributed by atoms with van der Waals surface area (Å²) < 4.78 is 0. The molecule has 0 spiro atoms. The lowest BCUT2D eigenvalue weighted by Gasteiger charge is -2.30. The van der Waals surface area contributed by atoms with Crippen LogP contribution in [0.15, 0.2) is 24.3 Å². The summed E-state index contributed by atoms with van der Waals surface area (Å²) in [4.78, 5) is 14.3. The van der Waals surface area contributed by atoms with Gasteiger partial charge in [-0.15, -0.1) is 0 Å². The smallest absolute Gasteiger partial charge is 0.234 e. The molecule has 1 saturated heterocycles. The van der Waals surface area contributed by atoms with Crippen molar-refractivity contribution in [1.29, 1.82) is 0 Å². The largest absolute Gasteiger partial charge is 0.348 e. The van der Waals surface area contributed by atoms with Gasteiger partial charge in [-0.1, -0.05) is 30.7 Å². The van der Waals surface area contributed by atoms with Crippen LogP contribution in [-0.4, -0.2) is 30.4 Å². The molecule has 0 saturated carbocycles. The van der Waals surface area contributed by atoms with Crippen LogP contribution in [0.2, 0.25) is 5.02 Å². The molecule has 1 aliphatic rings. The number of halogens is 1. The number of rotatable bonds is 4. The molecule has 4 heteroatoms. The van der Waals surface area contributed by atoms with E-state index in [1.807, 2.05) is 31.2 Å². The monoisotopic (exact) mass is 294 g/mol. The number of benzene rings is 1. The van der Waals surface area contributed by atoms with Crippen LogP contribution in [0.4, 0.5) is 0 Å². The molecule has 0 aliphatic carbocycles. The Morgan fingerprint density at radius 1 is 1.35 bits per heavy atom. The Bertz CT molecular complexity index is 438. The zero-order valence-corrected chi connectivity index (χ0v) is 13.0. The first kappa shape index (κ1) is 15.3. The summed E-state index contributed by atoms with van der Waals surface area (Å²) in [7, 11) is 0. The molecule has 0 aromatic heterocycles. The fourth-order valence-corrected chi connectivity index (χ4v) is 2.67. The maximum Gasteiger partial charge on any atom is 0.234 e. The second kappa shape index (κ2) is 7.09. The fraction of sp³-hybridized carbons (Fsp3) is 0.562. The molecule has 1 aromatic carbocycles. The van der Waals surface area contributed by atoms with Crippen molar-refractivity contribution in [3.05, 3.63) is 34.9 Å². The Labute approximate surface area is 126 Å². The van der Waals surface area contributed by atoms with E-state index in [1.165, 1.54) is 12.8 Å². The topological polar surface area (TPSA) is 32.3 Å². The van der Waals surface area contributed by atoms with E-state index in [4.69, 9.17) is 11.6 Å². The number of carbonyl (C=O) groups excluding carboxylic acids is 1. The summed E-state index contributed by atoms with van der Waals surface area (Å²) >= 11 is 5.87. The molecular formula is C16H23ClN2O. The Balaban J connectivity index is 1.80. The SMILES string of the molecule is CC1CCN(CC(=O)N[C@@H](C)c2ccc(Cl)cc2)CC1. The number of likely N-dealkylation sites (tertiary alicyclic amines) is 1. The minimum atomic E-state index is 0.0171. The van der Waals surface area contributed by atoms with Crippen molar-refractivity contribution in [1.82, 2.24) is 10.2 Å². The van der Waals surface area contributed by atoms with E-state index in [-0.39, 0.29) is 11.9 Å². The molecule has 110 valence electrons. The standard InChI is InChI=1S/C16H23ClN2O/c1-12-7-9-19(10-8-12)11-16(20)18-13(2)14-3-5-15(17)6-4-14/h3-6,12-13H,7-11H2,1-2H3,(H,18,20)/t13-/m0/s1. The van der Waals surface area contributed by atoms with Crippen LogP contribution in [0.25, 0.3) is 0 Å². The van der Waals surface area contributed by atoms with Crippen molar-refractivity contribution in [2.75, 3.05) is 19.6 Å². The van der Waals surface area contributed by atoms with Crippen LogP contribution >= 0.6 is 11.6 Å². The molecule has 1 aromatic rings. The second-order valence-corrected chi connectivity index (χ2v) is 6.24. The molecule has 1 amide bonds. The maximum atomic E-state index is 12.1. The minimum absolute atomic E-state index is 0.0171. The van der Waals surface area contributed by atoms with Crippen LogP contribution in [0, 0.1) is 5.92 Å². The van der Waals surface area contributed by atoms with Gasteiger partial charge in [0.25, 0.3) is 0 Å². The molecule has 1 fully saturated rings. The Hall–Kier alpha value is -1.06. The lowest BCUT2D eigenvalue weighted by Crippen LogP contribution is -2.41. The molecule has 20 heavy (non-hydrogen) atoms. The van der Waals surface area contributed by atoms with Gasteiger partial charge in [0, 0.05) is 5.02 Å². The van der Waals surface area contributed by atoms with E-state index in [1.54, 1.807) is 0 Å². The Morgan fingerprint density at radius 2 is 1.95 bits per heavy atom. The summed E-state index contributed by atoms with van der Waals surface area (Å²) in [6, 6.07) is 7.63. The first-order valence-corrected chi connectivity index (χ1v) is 7.69. The van der Waals surface area contributed by atoms with Gasteiger partial charge in [0.15, 0.2) is 0 Å². The highest BCUT2D eigenvalue weighted by molar-refractivity contribution is 6.30. The molecule has 1 atom stereocenters. The molecule has 0 bridgehead atoms. The van der Waals surface area contributed by atoms with Crippen molar-refractivity contribution >= 4 is 17.5 Å². The summed E-state index contributed by atoms with van der Waals surface area (Å²) in [5.74, 6) is 0.893. The third-order valence-corrected chi connectivity index (χ3v) is 4.24. The number of carbonyl (C=O) groups is 1. The van der Waals surface area contributed by atoms with Crippen molar-refractivity contribution in [2.45, 2.75) is 32.7 Å². The number of nitrogens with one attached hydrogen (secondary N) is 1. The van der Waals surface area contributed by atoms with Crippen LogP contribution in [-0.2, 0) is 4.79 Å². The molecule has 3 nitrogen and oxygen atoms in total. The molecule has 1 aliphatic heterocycles. The van der Waals surface area contributed by atoms with E-state index in [2.05, 4.69) is 17.1 Å². The zero-order valence-electron chi connectivity index (χ0n) is 12.2. The molecule has 0 radical (unpaired) electrons. The third-order valence-electron chi connectivity index (χ3n) is 3.99. The van der Waals surface area contributed by atoms with Gasteiger partial charge in [0.1, 0.15) is 0 Å². The number of hydrogen-bond donors (Lipinski definition) is 1. The van der Waals surface area contributed by atoms with Crippen molar-refractivity contribution in [3.8, 4) is 0 Å². The molecule has 1 heterocycles. The lowest BCUT2D eigenvalue weighted by atomic mass is 9.99. The second-order valence-electron chi connectivity index (χ2n) is 5.80. The van der Waals surface area contributed by atoms with Crippen LogP contribution in [0.1, 0.15) is 38.3 Å². The fourth-order valence-electron chi connectivity index (χ4n) is 2.55. The maximum absolute atomic E-state index is 12.1. The average Bonchev–Trinajstić information content (AvgIpc) is 2.42. The van der Waals surface area contributed by atoms with E-state index in [0.717, 1.165) is 29.6 Å². The van der Waals surface area contributed by atoms with E-state index < -0.39 is 0 Å². The van der Waals surface area contributed by atoms with Crippen LogP contribution in [0.3, 0.4) is 0 Å². The quantitative estimate of drug-likeness (QED) is 0.924. The van der Waals surface area contributed by atoms with Crippen molar-refractivity contribution in [2.24, 2.45) is 5.92 Å². The molecular weight excluding hydrogens is 272 g/mol.